The van der Waals surface area contributed by atoms with Gasteiger partial charge < -0.3 is 14.8 Å². The number of nitrogens with one attached hydrogen (secondary N) is 1. The highest BCUT2D eigenvalue weighted by molar-refractivity contribution is 7.17. The summed E-state index contributed by atoms with van der Waals surface area (Å²) in [5.41, 5.74) is 1.63. The topological polar surface area (TPSA) is 60.5 Å². The predicted molar refractivity (Wildman–Crippen MR) is 83.4 cm³/mol. The number of amides is 1. The van der Waals surface area contributed by atoms with Gasteiger partial charge in [0.15, 0.2) is 11.5 Å². The zero-order valence-corrected chi connectivity index (χ0v) is 13.3. The quantitative estimate of drug-likeness (QED) is 0.922. The van der Waals surface area contributed by atoms with Crippen molar-refractivity contribution in [3.8, 4) is 22.1 Å². The van der Waals surface area contributed by atoms with Crippen LogP contribution in [0, 0.1) is 6.92 Å². The van der Waals surface area contributed by atoms with Crippen LogP contribution in [-0.4, -0.2) is 31.7 Å². The number of hydrogen-bond acceptors (Lipinski definition) is 5. The van der Waals surface area contributed by atoms with Gasteiger partial charge in [-0.3, -0.25) is 4.79 Å². The molecule has 112 valence electrons. The monoisotopic (exact) mass is 306 g/mol. The molecule has 6 heteroatoms. The summed E-state index contributed by atoms with van der Waals surface area (Å²) in [5, 5.41) is 3.58. The minimum atomic E-state index is -0.0840. The third-order valence-electron chi connectivity index (χ3n) is 2.97. The van der Waals surface area contributed by atoms with E-state index in [9.17, 15) is 4.79 Å². The Labute approximate surface area is 127 Å². The van der Waals surface area contributed by atoms with Crippen molar-refractivity contribution in [2.45, 2.75) is 13.8 Å². The second kappa shape index (κ2) is 6.58. The van der Waals surface area contributed by atoms with Gasteiger partial charge >= 0.3 is 0 Å². The van der Waals surface area contributed by atoms with Gasteiger partial charge in [0.2, 0.25) is 0 Å². The summed E-state index contributed by atoms with van der Waals surface area (Å²) in [6.45, 7) is 4.33. The van der Waals surface area contributed by atoms with E-state index in [0.29, 0.717) is 22.9 Å². The Morgan fingerprint density at radius 1 is 1.29 bits per heavy atom. The average Bonchev–Trinajstić information content (AvgIpc) is 2.88. The van der Waals surface area contributed by atoms with Gasteiger partial charge in [0, 0.05) is 12.1 Å². The third-order valence-corrected chi connectivity index (χ3v) is 4.18. The lowest BCUT2D eigenvalue weighted by molar-refractivity contribution is 0.0959. The average molecular weight is 306 g/mol. The first kappa shape index (κ1) is 15.3. The fourth-order valence-corrected chi connectivity index (χ4v) is 2.92. The number of benzene rings is 1. The van der Waals surface area contributed by atoms with Crippen molar-refractivity contribution in [2.24, 2.45) is 0 Å². The lowest BCUT2D eigenvalue weighted by Gasteiger charge is -2.08. The minimum Gasteiger partial charge on any atom is -0.493 e. The molecule has 0 saturated heterocycles. The van der Waals surface area contributed by atoms with Crippen LogP contribution in [0.3, 0.4) is 0 Å². The molecule has 0 aliphatic heterocycles. The Morgan fingerprint density at radius 3 is 2.62 bits per heavy atom. The zero-order chi connectivity index (χ0) is 15.4. The molecule has 0 bridgehead atoms. The highest BCUT2D eigenvalue weighted by Crippen LogP contribution is 2.34. The van der Waals surface area contributed by atoms with E-state index >= 15 is 0 Å². The van der Waals surface area contributed by atoms with E-state index in [4.69, 9.17) is 9.47 Å². The number of thiazole rings is 1. The first-order valence-electron chi connectivity index (χ1n) is 6.58. The summed E-state index contributed by atoms with van der Waals surface area (Å²) in [7, 11) is 3.19. The number of aromatic nitrogens is 1. The van der Waals surface area contributed by atoms with E-state index in [1.54, 1.807) is 14.2 Å². The molecule has 1 aromatic heterocycles. The highest BCUT2D eigenvalue weighted by atomic mass is 32.1. The van der Waals surface area contributed by atoms with Crippen molar-refractivity contribution in [3.63, 3.8) is 0 Å². The molecule has 2 rings (SSSR count). The van der Waals surface area contributed by atoms with Crippen molar-refractivity contribution in [3.05, 3.63) is 28.8 Å². The molecule has 1 aromatic carbocycles. The Hall–Kier alpha value is -2.08. The second-order valence-electron chi connectivity index (χ2n) is 4.36. The summed E-state index contributed by atoms with van der Waals surface area (Å²) in [6.07, 6.45) is 0. The molecule has 2 aromatic rings. The summed E-state index contributed by atoms with van der Waals surface area (Å²) in [6, 6.07) is 5.59. The first-order valence-corrected chi connectivity index (χ1v) is 7.40. The summed E-state index contributed by atoms with van der Waals surface area (Å²) >= 11 is 1.37. The van der Waals surface area contributed by atoms with Gasteiger partial charge in [0.05, 0.1) is 19.9 Å². The molecule has 21 heavy (non-hydrogen) atoms. The maximum absolute atomic E-state index is 11.9. The fourth-order valence-electron chi connectivity index (χ4n) is 1.94. The zero-order valence-electron chi connectivity index (χ0n) is 12.5. The maximum atomic E-state index is 11.9. The Bertz CT molecular complexity index is 652. The Morgan fingerprint density at radius 2 is 2.00 bits per heavy atom. The molecule has 0 fully saturated rings. The fraction of sp³-hybridized carbons (Fsp3) is 0.333. The largest absolute Gasteiger partial charge is 0.493 e. The van der Waals surface area contributed by atoms with Crippen LogP contribution in [-0.2, 0) is 0 Å². The van der Waals surface area contributed by atoms with Crippen molar-refractivity contribution in [2.75, 3.05) is 20.8 Å². The normalized spacial score (nSPS) is 10.3. The lowest BCUT2D eigenvalue weighted by Crippen LogP contribution is -2.22. The highest BCUT2D eigenvalue weighted by Gasteiger charge is 2.16. The molecule has 0 spiro atoms. The second-order valence-corrected chi connectivity index (χ2v) is 5.36. The smallest absolute Gasteiger partial charge is 0.263 e. The molecule has 0 unspecified atom stereocenters. The van der Waals surface area contributed by atoms with Crippen molar-refractivity contribution in [1.82, 2.24) is 10.3 Å². The van der Waals surface area contributed by atoms with Crippen LogP contribution in [0.15, 0.2) is 18.2 Å². The van der Waals surface area contributed by atoms with Gasteiger partial charge in [-0.2, -0.15) is 0 Å². The molecule has 1 amide bonds. The molecule has 0 atom stereocenters. The van der Waals surface area contributed by atoms with Crippen LogP contribution in [0.5, 0.6) is 11.5 Å². The predicted octanol–water partition coefficient (Wildman–Crippen LogP) is 2.89. The third kappa shape index (κ3) is 3.16. The number of rotatable bonds is 5. The van der Waals surface area contributed by atoms with E-state index in [1.807, 2.05) is 32.0 Å². The number of ether oxygens (including phenoxy) is 2. The van der Waals surface area contributed by atoms with Crippen molar-refractivity contribution >= 4 is 17.2 Å². The standard InChI is InChI=1S/C15H18N2O3S/c1-5-16-14(18)13-9(2)17-15(21-13)10-6-7-11(19-3)12(8-10)20-4/h6-8H,5H2,1-4H3,(H,16,18). The van der Waals surface area contributed by atoms with E-state index < -0.39 is 0 Å². The molecule has 0 aliphatic carbocycles. The van der Waals surface area contributed by atoms with Crippen LogP contribution in [0.1, 0.15) is 22.3 Å². The molecular formula is C15H18N2O3S. The Balaban J connectivity index is 2.39. The van der Waals surface area contributed by atoms with Gasteiger partial charge in [-0.05, 0) is 32.0 Å². The van der Waals surface area contributed by atoms with Crippen LogP contribution in [0.4, 0.5) is 0 Å². The van der Waals surface area contributed by atoms with E-state index in [-0.39, 0.29) is 5.91 Å². The van der Waals surface area contributed by atoms with Gasteiger partial charge in [0.25, 0.3) is 5.91 Å². The number of aryl methyl sites for hydroxylation is 1. The van der Waals surface area contributed by atoms with Gasteiger partial charge in [-0.25, -0.2) is 4.98 Å². The van der Waals surface area contributed by atoms with E-state index in [2.05, 4.69) is 10.3 Å². The number of hydrogen-bond donors (Lipinski definition) is 1. The minimum absolute atomic E-state index is 0.0840. The molecule has 0 saturated carbocycles. The number of carbonyl (C=O) groups excluding carboxylic acids is 1. The van der Waals surface area contributed by atoms with Crippen molar-refractivity contribution in [1.29, 1.82) is 0 Å². The SMILES string of the molecule is CCNC(=O)c1sc(-c2ccc(OC)c(OC)c2)nc1C. The molecule has 1 N–H and O–H groups in total. The van der Waals surface area contributed by atoms with Crippen LogP contribution >= 0.6 is 11.3 Å². The maximum Gasteiger partial charge on any atom is 0.263 e. The molecule has 5 nitrogen and oxygen atoms in total. The molecule has 1 heterocycles. The van der Waals surface area contributed by atoms with Gasteiger partial charge in [-0.15, -0.1) is 11.3 Å². The summed E-state index contributed by atoms with van der Waals surface area (Å²) in [5.74, 6) is 1.22. The summed E-state index contributed by atoms with van der Waals surface area (Å²) in [4.78, 5) is 17.1. The van der Waals surface area contributed by atoms with E-state index in [0.717, 1.165) is 16.3 Å². The molecule has 0 radical (unpaired) electrons. The lowest BCUT2D eigenvalue weighted by atomic mass is 10.2. The van der Waals surface area contributed by atoms with Crippen molar-refractivity contribution < 1.29 is 14.3 Å². The van der Waals surface area contributed by atoms with Gasteiger partial charge in [-0.1, -0.05) is 0 Å². The first-order chi connectivity index (χ1) is 10.1. The van der Waals surface area contributed by atoms with Crippen LogP contribution < -0.4 is 14.8 Å². The van der Waals surface area contributed by atoms with Crippen LogP contribution in [0.25, 0.3) is 10.6 Å². The van der Waals surface area contributed by atoms with E-state index in [1.165, 1.54) is 11.3 Å². The molecule has 0 aliphatic rings. The number of carbonyl (C=O) groups is 1. The Kier molecular flexibility index (Phi) is 4.80. The number of methoxy groups -OCH3 is 2. The van der Waals surface area contributed by atoms with Gasteiger partial charge in [0.1, 0.15) is 9.88 Å². The molecular weight excluding hydrogens is 288 g/mol. The number of nitrogens with zero attached hydrogens (tertiary/aromatic N) is 1. The summed E-state index contributed by atoms with van der Waals surface area (Å²) < 4.78 is 10.5. The van der Waals surface area contributed by atoms with Crippen LogP contribution in [0.2, 0.25) is 0 Å².